The van der Waals surface area contributed by atoms with Gasteiger partial charge in [0.05, 0.1) is 6.54 Å². The molecule has 1 aromatic rings. The van der Waals surface area contributed by atoms with Crippen LogP contribution in [0.15, 0.2) is 24.3 Å². The van der Waals surface area contributed by atoms with E-state index in [4.69, 9.17) is 4.74 Å². The molecule has 0 radical (unpaired) electrons. The quantitative estimate of drug-likeness (QED) is 0.855. The first-order chi connectivity index (χ1) is 9.70. The van der Waals surface area contributed by atoms with E-state index in [1.54, 1.807) is 18.2 Å². The molecule has 0 atom stereocenters. The molecule has 0 aromatic heterocycles. The maximum Gasteiger partial charge on any atom is 0.251 e. The van der Waals surface area contributed by atoms with Gasteiger partial charge in [-0.25, -0.2) is 0 Å². The van der Waals surface area contributed by atoms with Crippen LogP contribution in [0.5, 0.6) is 5.75 Å². The van der Waals surface area contributed by atoms with Crippen molar-refractivity contribution in [1.29, 1.82) is 0 Å². The Morgan fingerprint density at radius 2 is 2.30 bits per heavy atom. The number of carbonyl (C=O) groups is 2. The van der Waals surface area contributed by atoms with E-state index >= 15 is 0 Å². The van der Waals surface area contributed by atoms with Gasteiger partial charge in [-0.1, -0.05) is 6.07 Å². The molecule has 1 aliphatic rings. The topological polar surface area (TPSA) is 58.6 Å². The van der Waals surface area contributed by atoms with Crippen LogP contribution in [-0.4, -0.2) is 43.0 Å². The van der Waals surface area contributed by atoms with Crippen molar-refractivity contribution in [3.05, 3.63) is 29.8 Å². The summed E-state index contributed by atoms with van der Waals surface area (Å²) >= 11 is 0. The molecule has 108 valence electrons. The molecule has 0 saturated carbocycles. The molecule has 5 heteroatoms. The van der Waals surface area contributed by atoms with Crippen molar-refractivity contribution in [3.8, 4) is 5.75 Å². The van der Waals surface area contributed by atoms with Crippen molar-refractivity contribution in [1.82, 2.24) is 10.2 Å². The highest BCUT2D eigenvalue weighted by molar-refractivity contribution is 5.94. The highest BCUT2D eigenvalue weighted by Crippen LogP contribution is 2.14. The number of nitrogens with one attached hydrogen (secondary N) is 1. The zero-order valence-electron chi connectivity index (χ0n) is 11.7. The summed E-state index contributed by atoms with van der Waals surface area (Å²) in [5, 5.41) is 2.75. The molecule has 5 nitrogen and oxygen atoms in total. The van der Waals surface area contributed by atoms with E-state index in [1.807, 2.05) is 17.9 Å². The molecular weight excluding hydrogens is 256 g/mol. The zero-order chi connectivity index (χ0) is 14.4. The normalized spacial score (nSPS) is 14.4. The predicted molar refractivity (Wildman–Crippen MR) is 75.8 cm³/mol. The van der Waals surface area contributed by atoms with Crippen molar-refractivity contribution < 1.29 is 14.3 Å². The van der Waals surface area contributed by atoms with Crippen LogP contribution in [0.2, 0.25) is 0 Å². The monoisotopic (exact) mass is 276 g/mol. The Bertz CT molecular complexity index is 488. The second kappa shape index (κ2) is 6.93. The number of likely N-dealkylation sites (tertiary alicyclic amines) is 1. The Hall–Kier alpha value is -2.04. The first kappa shape index (κ1) is 14.4. The van der Waals surface area contributed by atoms with Crippen molar-refractivity contribution in [3.63, 3.8) is 0 Å². The van der Waals surface area contributed by atoms with Gasteiger partial charge >= 0.3 is 0 Å². The van der Waals surface area contributed by atoms with E-state index in [9.17, 15) is 9.59 Å². The van der Waals surface area contributed by atoms with E-state index in [-0.39, 0.29) is 11.8 Å². The van der Waals surface area contributed by atoms with Gasteiger partial charge in [0.2, 0.25) is 5.91 Å². The van der Waals surface area contributed by atoms with Gasteiger partial charge in [-0.15, -0.1) is 0 Å². The average molecular weight is 276 g/mol. The molecule has 2 amide bonds. The van der Waals surface area contributed by atoms with E-state index in [2.05, 4.69) is 5.32 Å². The molecule has 1 saturated heterocycles. The molecule has 0 bridgehead atoms. The molecule has 20 heavy (non-hydrogen) atoms. The summed E-state index contributed by atoms with van der Waals surface area (Å²) in [6.07, 6.45) is 1.58. The lowest BCUT2D eigenvalue weighted by molar-refractivity contribution is -0.128. The number of ether oxygens (including phenoxy) is 1. The van der Waals surface area contributed by atoms with Gasteiger partial charge in [0.1, 0.15) is 12.4 Å². The Morgan fingerprint density at radius 1 is 1.45 bits per heavy atom. The van der Waals surface area contributed by atoms with E-state index in [1.165, 1.54) is 0 Å². The summed E-state index contributed by atoms with van der Waals surface area (Å²) in [7, 11) is 0. The van der Waals surface area contributed by atoms with Crippen LogP contribution in [0, 0.1) is 0 Å². The highest BCUT2D eigenvalue weighted by Gasteiger charge is 2.19. The number of amides is 2. The minimum atomic E-state index is -0.104. The Balaban J connectivity index is 1.85. The first-order valence-electron chi connectivity index (χ1n) is 6.99. The van der Waals surface area contributed by atoms with Crippen molar-refractivity contribution >= 4 is 11.8 Å². The van der Waals surface area contributed by atoms with Crippen LogP contribution in [-0.2, 0) is 4.79 Å². The molecule has 0 unspecified atom stereocenters. The minimum Gasteiger partial charge on any atom is -0.492 e. The molecule has 1 N–H and O–H groups in total. The molecule has 1 fully saturated rings. The van der Waals surface area contributed by atoms with Crippen molar-refractivity contribution in [2.45, 2.75) is 19.8 Å². The van der Waals surface area contributed by atoms with Crippen LogP contribution in [0.1, 0.15) is 30.1 Å². The predicted octanol–water partition coefficient (Wildman–Crippen LogP) is 1.44. The highest BCUT2D eigenvalue weighted by atomic mass is 16.5. The van der Waals surface area contributed by atoms with E-state index < -0.39 is 0 Å². The maximum absolute atomic E-state index is 11.7. The summed E-state index contributed by atoms with van der Waals surface area (Å²) in [6, 6.07) is 7.08. The largest absolute Gasteiger partial charge is 0.492 e. The summed E-state index contributed by atoms with van der Waals surface area (Å²) in [5.41, 5.74) is 0.585. The molecule has 1 aromatic carbocycles. The van der Waals surface area contributed by atoms with Gasteiger partial charge in [-0.05, 0) is 31.5 Å². The second-order valence-electron chi connectivity index (χ2n) is 4.72. The lowest BCUT2D eigenvalue weighted by Gasteiger charge is -2.16. The second-order valence-corrected chi connectivity index (χ2v) is 4.72. The smallest absolute Gasteiger partial charge is 0.251 e. The molecule has 1 aliphatic heterocycles. The lowest BCUT2D eigenvalue weighted by Crippen LogP contribution is -2.29. The lowest BCUT2D eigenvalue weighted by atomic mass is 10.2. The SMILES string of the molecule is CCNC(=O)c1cccc(OCCN2CCCC2=O)c1. The Kier molecular flexibility index (Phi) is 4.98. The summed E-state index contributed by atoms with van der Waals surface area (Å²) in [5.74, 6) is 0.748. The fourth-order valence-corrected chi connectivity index (χ4v) is 2.20. The minimum absolute atomic E-state index is 0.104. The average Bonchev–Trinajstić information content (AvgIpc) is 2.85. The van der Waals surface area contributed by atoms with Gasteiger partial charge in [0.15, 0.2) is 0 Å². The van der Waals surface area contributed by atoms with Gasteiger partial charge in [0.25, 0.3) is 5.91 Å². The van der Waals surface area contributed by atoms with Crippen LogP contribution < -0.4 is 10.1 Å². The Labute approximate surface area is 118 Å². The third-order valence-corrected chi connectivity index (χ3v) is 3.23. The van der Waals surface area contributed by atoms with Crippen LogP contribution >= 0.6 is 0 Å². The van der Waals surface area contributed by atoms with Gasteiger partial charge in [-0.3, -0.25) is 9.59 Å². The van der Waals surface area contributed by atoms with Crippen LogP contribution in [0.4, 0.5) is 0 Å². The van der Waals surface area contributed by atoms with Crippen molar-refractivity contribution in [2.75, 3.05) is 26.2 Å². The van der Waals surface area contributed by atoms with Crippen molar-refractivity contribution in [2.24, 2.45) is 0 Å². The van der Waals surface area contributed by atoms with Crippen LogP contribution in [0.25, 0.3) is 0 Å². The third-order valence-electron chi connectivity index (χ3n) is 3.23. The summed E-state index contributed by atoms with van der Waals surface area (Å²) in [4.78, 5) is 25.0. The number of nitrogens with zero attached hydrogens (tertiary/aromatic N) is 1. The number of rotatable bonds is 6. The number of hydrogen-bond acceptors (Lipinski definition) is 3. The number of hydrogen-bond donors (Lipinski definition) is 1. The molecular formula is C15H20N2O3. The molecule has 2 rings (SSSR count). The fourth-order valence-electron chi connectivity index (χ4n) is 2.20. The number of carbonyl (C=O) groups excluding carboxylic acids is 2. The summed E-state index contributed by atoms with van der Waals surface area (Å²) < 4.78 is 5.61. The van der Waals surface area contributed by atoms with Gasteiger partial charge in [0, 0.05) is 25.1 Å². The summed E-state index contributed by atoms with van der Waals surface area (Å²) in [6.45, 7) is 4.35. The molecule has 0 aliphatic carbocycles. The molecule has 1 heterocycles. The molecule has 0 spiro atoms. The van der Waals surface area contributed by atoms with E-state index in [0.29, 0.717) is 37.4 Å². The van der Waals surface area contributed by atoms with E-state index in [0.717, 1.165) is 13.0 Å². The standard InChI is InChI=1S/C15H20N2O3/c1-2-16-15(19)12-5-3-6-13(11-12)20-10-9-17-8-4-7-14(17)18/h3,5-6,11H,2,4,7-10H2,1H3,(H,16,19). The zero-order valence-corrected chi connectivity index (χ0v) is 11.7. The number of benzene rings is 1. The first-order valence-corrected chi connectivity index (χ1v) is 6.99. The fraction of sp³-hybridized carbons (Fsp3) is 0.467. The van der Waals surface area contributed by atoms with Gasteiger partial charge in [-0.2, -0.15) is 0 Å². The van der Waals surface area contributed by atoms with Crippen LogP contribution in [0.3, 0.4) is 0 Å². The third kappa shape index (κ3) is 3.73. The van der Waals surface area contributed by atoms with Gasteiger partial charge < -0.3 is 15.0 Å². The maximum atomic E-state index is 11.7. The Morgan fingerprint density at radius 3 is 3.00 bits per heavy atom.